The average molecular weight is 403 g/mol. The maximum absolute atomic E-state index is 12.9. The lowest BCUT2D eigenvalue weighted by Crippen LogP contribution is -2.41. The number of carbonyl (C=O) groups excluding carboxylic acids is 1. The minimum Gasteiger partial charge on any atom is -0.490 e. The Balaban J connectivity index is 1.79. The van der Waals surface area contributed by atoms with Crippen LogP contribution in [0.15, 0.2) is 23.9 Å². The van der Waals surface area contributed by atoms with E-state index in [9.17, 15) is 4.79 Å². The lowest BCUT2D eigenvalue weighted by Gasteiger charge is -2.29. The van der Waals surface area contributed by atoms with Gasteiger partial charge in [-0.15, -0.1) is 0 Å². The first kappa shape index (κ1) is 20.6. The van der Waals surface area contributed by atoms with Gasteiger partial charge in [0.05, 0.1) is 13.2 Å². The highest BCUT2D eigenvalue weighted by Crippen LogP contribution is 2.31. The van der Waals surface area contributed by atoms with Gasteiger partial charge in [-0.3, -0.25) is 9.69 Å². The van der Waals surface area contributed by atoms with E-state index in [0.29, 0.717) is 35.7 Å². The first-order valence-electron chi connectivity index (χ1n) is 10.3. The van der Waals surface area contributed by atoms with Crippen LogP contribution in [0.3, 0.4) is 0 Å². The maximum atomic E-state index is 12.9. The molecule has 0 unspecified atom stereocenters. The molecule has 3 rings (SSSR count). The monoisotopic (exact) mass is 402 g/mol. The SMILES string of the molecule is CCOc1cc(/C=C2\NC(=S)N(C3CCCCC3)C2=O)ccc1OCC(C)C. The molecule has 1 saturated heterocycles. The third kappa shape index (κ3) is 4.85. The lowest BCUT2D eigenvalue weighted by atomic mass is 9.94. The number of rotatable bonds is 7. The van der Waals surface area contributed by atoms with Gasteiger partial charge in [-0.05, 0) is 61.7 Å². The molecule has 0 bridgehead atoms. The summed E-state index contributed by atoms with van der Waals surface area (Å²) in [5.41, 5.74) is 1.40. The first-order valence-corrected chi connectivity index (χ1v) is 10.7. The Morgan fingerprint density at radius 3 is 2.64 bits per heavy atom. The molecular weight excluding hydrogens is 372 g/mol. The fourth-order valence-electron chi connectivity index (χ4n) is 3.64. The standard InChI is InChI=1S/C22H30N2O3S/c1-4-26-20-13-16(10-11-19(20)27-14-15(2)3)12-18-21(25)24(22(28)23-18)17-8-6-5-7-9-17/h10-13,15,17H,4-9,14H2,1-3H3,(H,23,28)/b18-12-. The van der Waals surface area contributed by atoms with Gasteiger partial charge in [-0.2, -0.15) is 0 Å². The van der Waals surface area contributed by atoms with Crippen LogP contribution in [0.2, 0.25) is 0 Å². The predicted octanol–water partition coefficient (Wildman–Crippen LogP) is 4.51. The van der Waals surface area contributed by atoms with Crippen molar-refractivity contribution in [3.05, 3.63) is 29.5 Å². The van der Waals surface area contributed by atoms with Gasteiger partial charge < -0.3 is 14.8 Å². The molecule has 1 saturated carbocycles. The highest BCUT2D eigenvalue weighted by molar-refractivity contribution is 7.80. The summed E-state index contributed by atoms with van der Waals surface area (Å²) in [7, 11) is 0. The van der Waals surface area contributed by atoms with E-state index in [1.165, 1.54) is 6.42 Å². The molecule has 2 fully saturated rings. The van der Waals surface area contributed by atoms with E-state index < -0.39 is 0 Å². The number of carbonyl (C=O) groups is 1. The second kappa shape index (κ2) is 9.41. The molecule has 0 atom stereocenters. The van der Waals surface area contributed by atoms with E-state index in [2.05, 4.69) is 19.2 Å². The normalized spacial score (nSPS) is 19.4. The Kier molecular flexibility index (Phi) is 6.94. The number of thiocarbonyl (C=S) groups is 1. The second-order valence-corrected chi connectivity index (χ2v) is 8.19. The van der Waals surface area contributed by atoms with Gasteiger partial charge in [0.1, 0.15) is 5.70 Å². The summed E-state index contributed by atoms with van der Waals surface area (Å²) in [6.45, 7) is 7.34. The van der Waals surface area contributed by atoms with Crippen molar-refractivity contribution in [2.45, 2.75) is 58.9 Å². The molecule has 0 radical (unpaired) electrons. The van der Waals surface area contributed by atoms with Crippen LogP contribution in [0.1, 0.15) is 58.4 Å². The van der Waals surface area contributed by atoms with Gasteiger partial charge in [0, 0.05) is 6.04 Å². The van der Waals surface area contributed by atoms with Gasteiger partial charge in [0.2, 0.25) is 0 Å². The number of amides is 1. The molecule has 2 aliphatic rings. The third-order valence-electron chi connectivity index (χ3n) is 5.00. The minimum atomic E-state index is -0.0324. The first-order chi connectivity index (χ1) is 13.5. The Labute approximate surface area is 173 Å². The Morgan fingerprint density at radius 1 is 1.21 bits per heavy atom. The number of hydrogen-bond acceptors (Lipinski definition) is 4. The third-order valence-corrected chi connectivity index (χ3v) is 5.30. The summed E-state index contributed by atoms with van der Waals surface area (Å²) in [6, 6.07) is 5.97. The molecule has 1 heterocycles. The van der Waals surface area contributed by atoms with Crippen LogP contribution in [0.4, 0.5) is 0 Å². The summed E-state index contributed by atoms with van der Waals surface area (Å²) in [5.74, 6) is 1.82. The molecule has 1 aromatic carbocycles. The summed E-state index contributed by atoms with van der Waals surface area (Å²) in [5, 5.41) is 3.62. The molecule has 5 nitrogen and oxygen atoms in total. The van der Waals surface area contributed by atoms with Crippen molar-refractivity contribution < 1.29 is 14.3 Å². The number of benzene rings is 1. The number of nitrogens with zero attached hydrogens (tertiary/aromatic N) is 1. The molecule has 28 heavy (non-hydrogen) atoms. The Bertz CT molecular complexity index is 754. The molecule has 0 aromatic heterocycles. The molecule has 1 N–H and O–H groups in total. The van der Waals surface area contributed by atoms with Crippen molar-refractivity contribution >= 4 is 29.3 Å². The molecule has 6 heteroatoms. The smallest absolute Gasteiger partial charge is 0.276 e. The largest absolute Gasteiger partial charge is 0.490 e. The Morgan fingerprint density at radius 2 is 1.96 bits per heavy atom. The van der Waals surface area contributed by atoms with Gasteiger partial charge >= 0.3 is 0 Å². The minimum absolute atomic E-state index is 0.0324. The summed E-state index contributed by atoms with van der Waals surface area (Å²) < 4.78 is 11.6. The van der Waals surface area contributed by atoms with Crippen LogP contribution in [0.25, 0.3) is 6.08 Å². The summed E-state index contributed by atoms with van der Waals surface area (Å²) >= 11 is 5.45. The average Bonchev–Trinajstić information content (AvgIpc) is 2.95. The summed E-state index contributed by atoms with van der Waals surface area (Å²) in [4.78, 5) is 14.7. The Hall–Kier alpha value is -2.08. The zero-order valence-electron chi connectivity index (χ0n) is 17.0. The van der Waals surface area contributed by atoms with Crippen LogP contribution in [0, 0.1) is 5.92 Å². The van der Waals surface area contributed by atoms with Gasteiger partial charge in [0.15, 0.2) is 16.6 Å². The molecular formula is C22H30N2O3S. The van der Waals surface area contributed by atoms with E-state index in [-0.39, 0.29) is 11.9 Å². The van der Waals surface area contributed by atoms with Crippen molar-refractivity contribution in [2.75, 3.05) is 13.2 Å². The van der Waals surface area contributed by atoms with Crippen molar-refractivity contribution in [1.29, 1.82) is 0 Å². The molecule has 1 amide bonds. The fraction of sp³-hybridized carbons (Fsp3) is 0.545. The number of ether oxygens (including phenoxy) is 2. The molecule has 152 valence electrons. The summed E-state index contributed by atoms with van der Waals surface area (Å²) in [6.07, 6.45) is 7.45. The number of nitrogens with one attached hydrogen (secondary N) is 1. The lowest BCUT2D eigenvalue weighted by molar-refractivity contribution is -0.124. The fourth-order valence-corrected chi connectivity index (χ4v) is 3.99. The molecule has 0 spiro atoms. The molecule has 1 aliphatic carbocycles. The van der Waals surface area contributed by atoms with Crippen LogP contribution >= 0.6 is 12.2 Å². The molecule has 1 aliphatic heterocycles. The van der Waals surface area contributed by atoms with Crippen molar-refractivity contribution in [1.82, 2.24) is 10.2 Å². The number of hydrogen-bond donors (Lipinski definition) is 1. The zero-order valence-corrected chi connectivity index (χ0v) is 17.8. The highest BCUT2D eigenvalue weighted by atomic mass is 32.1. The predicted molar refractivity (Wildman–Crippen MR) is 115 cm³/mol. The van der Waals surface area contributed by atoms with Crippen LogP contribution in [-0.2, 0) is 4.79 Å². The van der Waals surface area contributed by atoms with E-state index in [1.54, 1.807) is 4.90 Å². The van der Waals surface area contributed by atoms with Crippen LogP contribution < -0.4 is 14.8 Å². The van der Waals surface area contributed by atoms with Crippen molar-refractivity contribution in [3.8, 4) is 11.5 Å². The van der Waals surface area contributed by atoms with E-state index >= 15 is 0 Å². The highest BCUT2D eigenvalue weighted by Gasteiger charge is 2.36. The van der Waals surface area contributed by atoms with Gasteiger partial charge in [-0.25, -0.2) is 0 Å². The molecule has 1 aromatic rings. The van der Waals surface area contributed by atoms with Crippen molar-refractivity contribution in [3.63, 3.8) is 0 Å². The van der Waals surface area contributed by atoms with Gasteiger partial charge in [-0.1, -0.05) is 39.2 Å². The van der Waals surface area contributed by atoms with Crippen LogP contribution in [0.5, 0.6) is 11.5 Å². The quantitative estimate of drug-likeness (QED) is 0.537. The maximum Gasteiger partial charge on any atom is 0.276 e. The van der Waals surface area contributed by atoms with E-state index in [0.717, 1.165) is 37.0 Å². The van der Waals surface area contributed by atoms with E-state index in [1.807, 2.05) is 31.2 Å². The van der Waals surface area contributed by atoms with Gasteiger partial charge in [0.25, 0.3) is 5.91 Å². The van der Waals surface area contributed by atoms with E-state index in [4.69, 9.17) is 21.7 Å². The second-order valence-electron chi connectivity index (χ2n) is 7.80. The zero-order chi connectivity index (χ0) is 20.1. The van der Waals surface area contributed by atoms with Crippen LogP contribution in [-0.4, -0.2) is 35.2 Å². The topological polar surface area (TPSA) is 50.8 Å². The van der Waals surface area contributed by atoms with Crippen molar-refractivity contribution in [2.24, 2.45) is 5.92 Å².